The summed E-state index contributed by atoms with van der Waals surface area (Å²) >= 11 is 0. The molecule has 1 aliphatic rings. The molecule has 0 radical (unpaired) electrons. The van der Waals surface area contributed by atoms with Crippen molar-refractivity contribution in [3.8, 4) is 11.5 Å². The first-order chi connectivity index (χ1) is 14.6. The predicted molar refractivity (Wildman–Crippen MR) is 113 cm³/mol. The fraction of sp³-hybridized carbons (Fsp3) is 0.273. The second-order valence-corrected chi connectivity index (χ2v) is 6.98. The van der Waals surface area contributed by atoms with Crippen LogP contribution >= 0.6 is 0 Å². The first-order valence-electron chi connectivity index (χ1n) is 9.83. The Balaban J connectivity index is 1.63. The summed E-state index contributed by atoms with van der Waals surface area (Å²) in [6, 6.07) is 12.4. The number of fused-ring (bicyclic) bond motifs is 2. The molecule has 2 aromatic carbocycles. The van der Waals surface area contributed by atoms with Crippen molar-refractivity contribution in [2.75, 3.05) is 6.79 Å². The zero-order valence-corrected chi connectivity index (χ0v) is 16.8. The Bertz CT molecular complexity index is 1200. The number of hydrogen-bond donors (Lipinski definition) is 1. The van der Waals surface area contributed by atoms with Gasteiger partial charge >= 0.3 is 0 Å². The van der Waals surface area contributed by atoms with Gasteiger partial charge in [0.2, 0.25) is 6.79 Å². The van der Waals surface area contributed by atoms with E-state index in [0.717, 1.165) is 18.4 Å². The highest BCUT2D eigenvalue weighted by molar-refractivity contribution is 6.06. The van der Waals surface area contributed by atoms with Crippen LogP contribution in [0.5, 0.6) is 11.5 Å². The van der Waals surface area contributed by atoms with Crippen LogP contribution in [0, 0.1) is 0 Å². The molecule has 0 unspecified atom stereocenters. The van der Waals surface area contributed by atoms with Crippen LogP contribution in [0.2, 0.25) is 0 Å². The Morgan fingerprint density at radius 1 is 1.17 bits per heavy atom. The number of aromatic nitrogens is 2. The van der Waals surface area contributed by atoms with Crippen molar-refractivity contribution in [2.45, 2.75) is 33.2 Å². The van der Waals surface area contributed by atoms with Gasteiger partial charge in [0.05, 0.1) is 11.1 Å². The molecule has 30 heavy (non-hydrogen) atoms. The summed E-state index contributed by atoms with van der Waals surface area (Å²) < 4.78 is 12.0. The number of benzene rings is 2. The summed E-state index contributed by atoms with van der Waals surface area (Å²) in [6.45, 7) is 4.47. The minimum absolute atomic E-state index is 0.170. The Hall–Kier alpha value is -3.68. The second kappa shape index (κ2) is 8.36. The summed E-state index contributed by atoms with van der Waals surface area (Å²) in [5, 5.41) is 9.50. The third-order valence-electron chi connectivity index (χ3n) is 4.92. The molecule has 0 atom stereocenters. The maximum atomic E-state index is 12.9. The summed E-state index contributed by atoms with van der Waals surface area (Å²) in [5.74, 6) is 0.848. The van der Waals surface area contributed by atoms with Crippen LogP contribution in [0.15, 0.2) is 52.4 Å². The summed E-state index contributed by atoms with van der Waals surface area (Å²) in [4.78, 5) is 25.6. The topological polar surface area (TPSA) is 94.8 Å². The van der Waals surface area contributed by atoms with Crippen molar-refractivity contribution < 1.29 is 14.3 Å². The Morgan fingerprint density at radius 3 is 2.73 bits per heavy atom. The number of hydrazone groups is 1. The van der Waals surface area contributed by atoms with E-state index in [1.807, 2.05) is 19.1 Å². The normalized spacial score (nSPS) is 12.9. The largest absolute Gasteiger partial charge is 0.454 e. The molecule has 0 bridgehead atoms. The number of carbonyl (C=O) groups is 1. The van der Waals surface area contributed by atoms with E-state index < -0.39 is 5.91 Å². The average molecular weight is 406 g/mol. The third kappa shape index (κ3) is 3.76. The maximum absolute atomic E-state index is 12.9. The molecule has 4 rings (SSSR count). The lowest BCUT2D eigenvalue weighted by molar-refractivity contribution is 0.0949. The molecule has 2 heterocycles. The van der Waals surface area contributed by atoms with Gasteiger partial charge in [-0.2, -0.15) is 10.2 Å². The van der Waals surface area contributed by atoms with Crippen molar-refractivity contribution in [1.82, 2.24) is 15.2 Å². The number of nitrogens with one attached hydrogen (secondary N) is 1. The average Bonchev–Trinajstić information content (AvgIpc) is 3.25. The van der Waals surface area contributed by atoms with Crippen molar-refractivity contribution in [3.05, 3.63) is 64.1 Å². The lowest BCUT2D eigenvalue weighted by Crippen LogP contribution is -2.29. The van der Waals surface area contributed by atoms with E-state index in [2.05, 4.69) is 15.6 Å². The number of amides is 1. The van der Waals surface area contributed by atoms with Crippen molar-refractivity contribution >= 4 is 22.4 Å². The van der Waals surface area contributed by atoms with E-state index in [-0.39, 0.29) is 18.0 Å². The van der Waals surface area contributed by atoms with E-state index in [0.29, 0.717) is 34.5 Å². The highest BCUT2D eigenvalue weighted by Gasteiger charge is 2.17. The van der Waals surface area contributed by atoms with Gasteiger partial charge in [-0.3, -0.25) is 9.59 Å². The standard InChI is InChI=1S/C22H22N4O4/c1-3-4-11-26-22(28)17-8-6-5-7-16(17)20(25-26)21(27)24-23-14(2)15-9-10-18-19(12-15)30-13-29-18/h5-10,12H,3-4,11,13H2,1-2H3,(H,24,27)/b23-14-. The lowest BCUT2D eigenvalue weighted by Gasteiger charge is -2.10. The molecule has 1 aliphatic heterocycles. The fourth-order valence-corrected chi connectivity index (χ4v) is 3.24. The van der Waals surface area contributed by atoms with Crippen molar-refractivity contribution in [3.63, 3.8) is 0 Å². The predicted octanol–water partition coefficient (Wildman–Crippen LogP) is 3.08. The maximum Gasteiger partial charge on any atom is 0.292 e. The monoisotopic (exact) mass is 406 g/mol. The molecule has 154 valence electrons. The molecule has 1 aromatic heterocycles. The van der Waals surface area contributed by atoms with Crippen LogP contribution in [0.25, 0.3) is 10.8 Å². The lowest BCUT2D eigenvalue weighted by atomic mass is 10.1. The van der Waals surface area contributed by atoms with Gasteiger partial charge in [0.25, 0.3) is 11.5 Å². The molecule has 0 saturated heterocycles. The molecule has 0 spiro atoms. The first-order valence-corrected chi connectivity index (χ1v) is 9.83. The quantitative estimate of drug-likeness (QED) is 0.501. The number of nitrogens with zero attached hydrogens (tertiary/aromatic N) is 3. The molecule has 8 nitrogen and oxygen atoms in total. The highest BCUT2D eigenvalue weighted by Crippen LogP contribution is 2.32. The number of ether oxygens (including phenoxy) is 2. The molecular formula is C22H22N4O4. The Kier molecular flexibility index (Phi) is 5.47. The Morgan fingerprint density at radius 2 is 1.93 bits per heavy atom. The van der Waals surface area contributed by atoms with Crippen LogP contribution in [-0.4, -0.2) is 28.2 Å². The van der Waals surface area contributed by atoms with Crippen LogP contribution in [0.4, 0.5) is 0 Å². The molecule has 3 aromatic rings. The zero-order valence-electron chi connectivity index (χ0n) is 16.8. The van der Waals surface area contributed by atoms with Gasteiger partial charge < -0.3 is 9.47 Å². The number of unbranched alkanes of at least 4 members (excludes halogenated alkanes) is 1. The van der Waals surface area contributed by atoms with Crippen LogP contribution in [0.1, 0.15) is 42.7 Å². The van der Waals surface area contributed by atoms with E-state index in [4.69, 9.17) is 9.47 Å². The number of hydrogen-bond acceptors (Lipinski definition) is 6. The number of rotatable bonds is 6. The van der Waals surface area contributed by atoms with Gasteiger partial charge in [-0.25, -0.2) is 10.1 Å². The molecule has 0 aliphatic carbocycles. The van der Waals surface area contributed by atoms with Gasteiger partial charge in [-0.1, -0.05) is 31.5 Å². The molecule has 1 N–H and O–H groups in total. The number of aryl methyl sites for hydroxylation is 1. The molecule has 0 fully saturated rings. The van der Waals surface area contributed by atoms with Gasteiger partial charge in [0, 0.05) is 17.5 Å². The van der Waals surface area contributed by atoms with Gasteiger partial charge in [-0.15, -0.1) is 0 Å². The first kappa shape index (κ1) is 19.6. The molecule has 0 saturated carbocycles. The molecular weight excluding hydrogens is 384 g/mol. The summed E-state index contributed by atoms with van der Waals surface area (Å²) in [5.41, 5.74) is 3.93. The number of carbonyl (C=O) groups excluding carboxylic acids is 1. The second-order valence-electron chi connectivity index (χ2n) is 6.98. The third-order valence-corrected chi connectivity index (χ3v) is 4.92. The van der Waals surface area contributed by atoms with E-state index in [1.54, 1.807) is 37.3 Å². The van der Waals surface area contributed by atoms with Crippen LogP contribution in [0.3, 0.4) is 0 Å². The van der Waals surface area contributed by atoms with Gasteiger partial charge in [0.1, 0.15) is 0 Å². The Labute approximate surface area is 173 Å². The summed E-state index contributed by atoms with van der Waals surface area (Å²) in [7, 11) is 0. The molecule has 1 amide bonds. The highest BCUT2D eigenvalue weighted by atomic mass is 16.7. The smallest absolute Gasteiger partial charge is 0.292 e. The van der Waals surface area contributed by atoms with Crippen molar-refractivity contribution in [2.24, 2.45) is 5.10 Å². The van der Waals surface area contributed by atoms with E-state index in [9.17, 15) is 9.59 Å². The van der Waals surface area contributed by atoms with E-state index >= 15 is 0 Å². The minimum Gasteiger partial charge on any atom is -0.454 e. The summed E-state index contributed by atoms with van der Waals surface area (Å²) in [6.07, 6.45) is 1.72. The van der Waals surface area contributed by atoms with Crippen molar-refractivity contribution in [1.29, 1.82) is 0 Å². The molecule has 8 heteroatoms. The van der Waals surface area contributed by atoms with Crippen LogP contribution < -0.4 is 20.5 Å². The minimum atomic E-state index is -0.475. The zero-order chi connectivity index (χ0) is 21.1. The fourth-order valence-electron chi connectivity index (χ4n) is 3.24. The van der Waals surface area contributed by atoms with Gasteiger partial charge in [-0.05, 0) is 37.6 Å². The SMILES string of the molecule is CCCCn1nc(C(=O)N/N=C(/C)c2ccc3c(c2)OCO3)c2ccccc2c1=O. The van der Waals surface area contributed by atoms with E-state index in [1.165, 1.54) is 4.68 Å². The van der Waals surface area contributed by atoms with Crippen LogP contribution in [-0.2, 0) is 6.54 Å². The van der Waals surface area contributed by atoms with Gasteiger partial charge in [0.15, 0.2) is 17.2 Å².